The number of nitrogens with zero attached hydrogens (tertiary/aromatic N) is 12. The molecule has 0 aliphatic carbocycles. The Hall–Kier alpha value is -6.66. The lowest BCUT2D eigenvalue weighted by molar-refractivity contribution is 0.00397. The van der Waals surface area contributed by atoms with Gasteiger partial charge in [0.2, 0.25) is 0 Å². The zero-order valence-corrected chi connectivity index (χ0v) is 38.2. The molecule has 2 saturated heterocycles. The van der Waals surface area contributed by atoms with Gasteiger partial charge in [0, 0.05) is 80.0 Å². The molecule has 0 bridgehead atoms. The van der Waals surface area contributed by atoms with Crippen molar-refractivity contribution in [2.24, 2.45) is 14.1 Å². The molecule has 0 amide bonds. The fourth-order valence-electron chi connectivity index (χ4n) is 7.58. The summed E-state index contributed by atoms with van der Waals surface area (Å²) in [5.74, 6) is -2.12. The molecule has 2 unspecified atom stereocenters. The van der Waals surface area contributed by atoms with Gasteiger partial charge in [-0.15, -0.1) is 0 Å². The summed E-state index contributed by atoms with van der Waals surface area (Å²) in [5.41, 5.74) is 7.72. The Morgan fingerprint density at radius 2 is 1.12 bits per heavy atom. The lowest BCUT2D eigenvalue weighted by Crippen LogP contribution is -2.20. The van der Waals surface area contributed by atoms with E-state index in [0.29, 0.717) is 64.4 Å². The highest BCUT2D eigenvalue weighted by atomic mass is 19.1. The van der Waals surface area contributed by atoms with Gasteiger partial charge in [0.15, 0.2) is 11.3 Å². The van der Waals surface area contributed by atoms with Gasteiger partial charge in [-0.05, 0) is 84.1 Å². The summed E-state index contributed by atoms with van der Waals surface area (Å²) in [4.78, 5) is 35.4. The van der Waals surface area contributed by atoms with Crippen molar-refractivity contribution in [3.05, 3.63) is 131 Å². The van der Waals surface area contributed by atoms with Crippen molar-refractivity contribution in [2.75, 3.05) is 13.2 Å². The van der Waals surface area contributed by atoms with Crippen LogP contribution < -0.4 is 0 Å². The lowest BCUT2D eigenvalue weighted by Gasteiger charge is -2.28. The Bertz CT molecular complexity index is 2950. The summed E-state index contributed by atoms with van der Waals surface area (Å²) >= 11 is 0. The number of aromatic nitrogens is 12. The molecule has 8 aromatic rings. The van der Waals surface area contributed by atoms with Crippen LogP contribution in [0.2, 0.25) is 0 Å². The summed E-state index contributed by atoms with van der Waals surface area (Å²) < 4.78 is 70.3. The van der Waals surface area contributed by atoms with Crippen molar-refractivity contribution >= 4 is 22.3 Å². The van der Waals surface area contributed by atoms with E-state index in [0.717, 1.165) is 54.2 Å². The van der Waals surface area contributed by atoms with Crippen LogP contribution in [0.4, 0.5) is 17.6 Å². The molecule has 2 aromatic carbocycles. The Morgan fingerprint density at radius 1 is 0.576 bits per heavy atom. The summed E-state index contributed by atoms with van der Waals surface area (Å²) in [6.07, 6.45) is 14.2. The predicted molar refractivity (Wildman–Crippen MR) is 241 cm³/mol. The molecule has 0 saturated carbocycles. The molecule has 14 nitrogen and oxygen atoms in total. The van der Waals surface area contributed by atoms with Crippen LogP contribution in [0.25, 0.3) is 44.8 Å². The molecular formula is C48H52F4N12O2. The average Bonchev–Trinajstić information content (AvgIpc) is 3.96. The second kappa shape index (κ2) is 21.1. The Kier molecular flexibility index (Phi) is 15.1. The number of hydrogen-bond donors (Lipinski definition) is 0. The van der Waals surface area contributed by atoms with E-state index in [4.69, 9.17) is 19.4 Å². The average molecular weight is 905 g/mol. The van der Waals surface area contributed by atoms with Crippen LogP contribution in [-0.2, 0) is 23.6 Å². The van der Waals surface area contributed by atoms with Crippen LogP contribution in [-0.4, -0.2) is 72.6 Å². The van der Waals surface area contributed by atoms with Crippen LogP contribution in [0.3, 0.4) is 0 Å². The lowest BCUT2D eigenvalue weighted by atomic mass is 9.92. The quantitative estimate of drug-likeness (QED) is 0.151. The Balaban J connectivity index is 0.000000161. The molecule has 0 radical (unpaired) electrons. The van der Waals surface area contributed by atoms with Crippen molar-refractivity contribution < 1.29 is 27.0 Å². The number of halogens is 4. The first kappa shape index (κ1) is 47.3. The molecule has 8 heterocycles. The van der Waals surface area contributed by atoms with Crippen molar-refractivity contribution in [3.8, 4) is 22.5 Å². The number of rotatable bonds is 5. The molecule has 2 aliphatic heterocycles. The highest BCUT2D eigenvalue weighted by Gasteiger charge is 2.30. The molecule has 3 atom stereocenters. The zero-order valence-electron chi connectivity index (χ0n) is 38.2. The van der Waals surface area contributed by atoms with Crippen LogP contribution in [0.5, 0.6) is 0 Å². The molecule has 2 fully saturated rings. The molecule has 0 spiro atoms. The predicted octanol–water partition coefficient (Wildman–Crippen LogP) is 10.0. The summed E-state index contributed by atoms with van der Waals surface area (Å²) in [5, 5.41) is 8.36. The van der Waals surface area contributed by atoms with Gasteiger partial charge in [0.1, 0.15) is 57.8 Å². The van der Waals surface area contributed by atoms with Gasteiger partial charge < -0.3 is 9.47 Å². The number of hydrogen-bond acceptors (Lipinski definition) is 12. The summed E-state index contributed by atoms with van der Waals surface area (Å²) in [6, 6.07) is 6.79. The fraction of sp³-hybridized carbons (Fsp3) is 0.375. The van der Waals surface area contributed by atoms with E-state index < -0.39 is 23.3 Å². The molecular weight excluding hydrogens is 853 g/mol. The highest BCUT2D eigenvalue weighted by molar-refractivity contribution is 5.88. The monoisotopic (exact) mass is 904 g/mol. The van der Waals surface area contributed by atoms with E-state index in [2.05, 4.69) is 40.1 Å². The smallest absolute Gasteiger partial charge is 0.182 e. The summed E-state index contributed by atoms with van der Waals surface area (Å²) in [6.45, 7) is 12.8. The van der Waals surface area contributed by atoms with E-state index in [1.54, 1.807) is 17.8 Å². The maximum absolute atomic E-state index is 14.7. The standard InChI is InChI=1S/C23H22F2N6O.C14H10F2N4.C9H14N2O.C2H6/c1-12-13(2)28-23-21(27-12)20(17-5-4-16(24)9-18(17)25)29-22(30-23)14-6-7-32-19(8-14)15-10-26-31(3)11-15;1-7-8(2)20-14-13(19-7)12(17-6-18-14)10-4-3-9(15)5-11(10)16;1-11-7-8(6-10-11)9-4-2-3-5-12-9;1-2/h4-5,9-11,14,19H,6-8H2,1-3H3;3-6H,1-2H3;6-7,9H,2-5H2,1H3;1-2H3/t;;9-;/m..1./s1. The van der Waals surface area contributed by atoms with E-state index in [9.17, 15) is 17.6 Å². The van der Waals surface area contributed by atoms with E-state index in [-0.39, 0.29) is 23.1 Å². The summed E-state index contributed by atoms with van der Waals surface area (Å²) in [7, 11) is 3.80. The van der Waals surface area contributed by atoms with Crippen LogP contribution in [0.15, 0.2) is 67.5 Å². The van der Waals surface area contributed by atoms with Crippen molar-refractivity contribution in [3.63, 3.8) is 0 Å². The molecule has 66 heavy (non-hydrogen) atoms. The normalized spacial score (nSPS) is 17.0. The molecule has 6 aromatic heterocycles. The molecule has 10 rings (SSSR count). The topological polar surface area (TPSA) is 157 Å². The van der Waals surface area contributed by atoms with Crippen molar-refractivity contribution in [1.29, 1.82) is 0 Å². The third-order valence-corrected chi connectivity index (χ3v) is 11.2. The highest BCUT2D eigenvalue weighted by Crippen LogP contribution is 2.38. The fourth-order valence-corrected chi connectivity index (χ4v) is 7.58. The number of benzene rings is 2. The SMILES string of the molecule is CC.Cc1nc2nc(C3CCOC(c4cnn(C)c4)C3)nc(-c3ccc(F)cc3F)c2nc1C.Cc1nc2ncnc(-c3ccc(F)cc3F)c2nc1C.Cn1cc([C@H]2CCCCO2)cn1. The Morgan fingerprint density at radius 3 is 1.68 bits per heavy atom. The van der Waals surface area contributed by atoms with Gasteiger partial charge in [0.05, 0.1) is 47.4 Å². The van der Waals surface area contributed by atoms with Gasteiger partial charge in [-0.3, -0.25) is 9.36 Å². The van der Waals surface area contributed by atoms with Gasteiger partial charge in [-0.25, -0.2) is 57.4 Å². The van der Waals surface area contributed by atoms with Crippen molar-refractivity contribution in [2.45, 2.75) is 91.8 Å². The van der Waals surface area contributed by atoms with Crippen LogP contribution in [0, 0.1) is 51.0 Å². The molecule has 18 heteroatoms. The van der Waals surface area contributed by atoms with Gasteiger partial charge in [-0.1, -0.05) is 13.8 Å². The van der Waals surface area contributed by atoms with E-state index >= 15 is 0 Å². The first-order chi connectivity index (χ1) is 31.8. The van der Waals surface area contributed by atoms with E-state index in [1.807, 2.05) is 72.0 Å². The third kappa shape index (κ3) is 10.9. The van der Waals surface area contributed by atoms with Gasteiger partial charge >= 0.3 is 0 Å². The first-order valence-electron chi connectivity index (χ1n) is 21.9. The minimum absolute atomic E-state index is 0.0102. The maximum Gasteiger partial charge on any atom is 0.182 e. The zero-order chi connectivity index (χ0) is 47.1. The van der Waals surface area contributed by atoms with E-state index in [1.165, 1.54) is 49.0 Å². The Labute approximate surface area is 380 Å². The third-order valence-electron chi connectivity index (χ3n) is 11.2. The van der Waals surface area contributed by atoms with Crippen LogP contribution >= 0.6 is 0 Å². The molecule has 0 N–H and O–H groups in total. The number of fused-ring (bicyclic) bond motifs is 2. The minimum Gasteiger partial charge on any atom is -0.373 e. The van der Waals surface area contributed by atoms with Crippen LogP contribution in [0.1, 0.15) is 104 Å². The first-order valence-corrected chi connectivity index (χ1v) is 21.9. The van der Waals surface area contributed by atoms with Crippen molar-refractivity contribution in [1.82, 2.24) is 59.4 Å². The molecule has 2 aliphatic rings. The number of ether oxygens (including phenoxy) is 2. The second-order valence-corrected chi connectivity index (χ2v) is 15.9. The number of aryl methyl sites for hydroxylation is 6. The maximum atomic E-state index is 14.7. The minimum atomic E-state index is -0.698. The second-order valence-electron chi connectivity index (χ2n) is 15.9. The molecule has 344 valence electrons. The largest absolute Gasteiger partial charge is 0.373 e. The van der Waals surface area contributed by atoms with Gasteiger partial charge in [0.25, 0.3) is 0 Å². The van der Waals surface area contributed by atoms with Gasteiger partial charge in [-0.2, -0.15) is 10.2 Å².